The van der Waals surface area contributed by atoms with Crippen LogP contribution in [0.4, 0.5) is 17.2 Å². The lowest BCUT2D eigenvalue weighted by Gasteiger charge is -2.24. The van der Waals surface area contributed by atoms with Gasteiger partial charge in [0, 0.05) is 34.4 Å². The Morgan fingerprint density at radius 3 is 1.60 bits per heavy atom. The summed E-state index contributed by atoms with van der Waals surface area (Å²) in [6.07, 6.45) is 2.95. The van der Waals surface area contributed by atoms with Gasteiger partial charge in [0.1, 0.15) is 17.0 Å². The van der Waals surface area contributed by atoms with E-state index in [0.29, 0.717) is 0 Å². The van der Waals surface area contributed by atoms with E-state index in [1.807, 2.05) is 18.3 Å². The Hall–Kier alpha value is -5.67. The normalized spacial score (nSPS) is 11.8. The van der Waals surface area contributed by atoms with E-state index >= 15 is 0 Å². The van der Waals surface area contributed by atoms with E-state index in [-0.39, 0.29) is 5.41 Å². The van der Waals surface area contributed by atoms with Crippen molar-refractivity contribution in [3.8, 4) is 22.3 Å². The predicted molar refractivity (Wildman–Crippen MR) is 198 cm³/mol. The van der Waals surface area contributed by atoms with Crippen LogP contribution in [-0.4, -0.2) is 4.98 Å². The quantitative estimate of drug-likeness (QED) is 0.188. The average Bonchev–Trinajstić information content (AvgIpc) is 3.47. The van der Waals surface area contributed by atoms with Crippen LogP contribution >= 0.6 is 0 Å². The van der Waals surface area contributed by atoms with E-state index in [9.17, 15) is 0 Å². The number of rotatable bonds is 6. The van der Waals surface area contributed by atoms with Crippen LogP contribution in [0.5, 0.6) is 0 Å². The Labute approximate surface area is 275 Å². The molecule has 3 nitrogen and oxygen atoms in total. The zero-order chi connectivity index (χ0) is 32.0. The van der Waals surface area contributed by atoms with Crippen LogP contribution in [0.2, 0.25) is 0 Å². The molecule has 0 amide bonds. The maximum atomic E-state index is 6.67. The molecule has 0 radical (unpaired) electrons. The summed E-state index contributed by atoms with van der Waals surface area (Å²) >= 11 is 0. The molecule has 8 rings (SSSR count). The summed E-state index contributed by atoms with van der Waals surface area (Å²) in [5.74, 6) is 0.802. The van der Waals surface area contributed by atoms with Crippen LogP contribution in [0, 0.1) is 5.41 Å². The summed E-state index contributed by atoms with van der Waals surface area (Å²) in [7, 11) is 0. The SMILES string of the molecule is CC(C)(C)Cc1cc2oc3cc(N(c4ccc(-c5ccccc5)cc4)c4ccc(-c5ccccc5)cc4)ncc3c2c2ccccc12. The molecule has 0 unspecified atom stereocenters. The number of fused-ring (bicyclic) bond motifs is 5. The summed E-state index contributed by atoms with van der Waals surface area (Å²) in [5.41, 5.74) is 9.99. The minimum atomic E-state index is 0.157. The molecule has 0 aliphatic heterocycles. The molecule has 0 bridgehead atoms. The van der Waals surface area contributed by atoms with Crippen LogP contribution in [0.1, 0.15) is 26.3 Å². The van der Waals surface area contributed by atoms with Crippen molar-refractivity contribution in [3.63, 3.8) is 0 Å². The van der Waals surface area contributed by atoms with E-state index in [0.717, 1.165) is 45.6 Å². The van der Waals surface area contributed by atoms with Crippen LogP contribution in [0.3, 0.4) is 0 Å². The predicted octanol–water partition coefficient (Wildman–Crippen LogP) is 12.5. The molecular weight excluding hydrogens is 572 g/mol. The third-order valence-corrected chi connectivity index (χ3v) is 8.85. The molecule has 0 spiro atoms. The first kappa shape index (κ1) is 28.8. The number of furan rings is 1. The number of hydrogen-bond donors (Lipinski definition) is 0. The van der Waals surface area contributed by atoms with Crippen molar-refractivity contribution in [3.05, 3.63) is 157 Å². The first-order valence-electron chi connectivity index (χ1n) is 16.3. The van der Waals surface area contributed by atoms with Gasteiger partial charge >= 0.3 is 0 Å². The molecular formula is C44H36N2O. The monoisotopic (exact) mass is 608 g/mol. The van der Waals surface area contributed by atoms with Gasteiger partial charge < -0.3 is 4.42 Å². The van der Waals surface area contributed by atoms with Gasteiger partial charge in [-0.2, -0.15) is 0 Å². The lowest BCUT2D eigenvalue weighted by molar-refractivity contribution is 0.412. The Kier molecular flexibility index (Phi) is 7.10. The van der Waals surface area contributed by atoms with Crippen LogP contribution in [-0.2, 0) is 6.42 Å². The van der Waals surface area contributed by atoms with Gasteiger partial charge in [-0.15, -0.1) is 0 Å². The Bertz CT molecular complexity index is 2250. The summed E-state index contributed by atoms with van der Waals surface area (Å²) in [4.78, 5) is 7.31. The van der Waals surface area contributed by atoms with Crippen molar-refractivity contribution in [2.75, 3.05) is 4.90 Å². The van der Waals surface area contributed by atoms with Crippen molar-refractivity contribution < 1.29 is 4.42 Å². The second kappa shape index (κ2) is 11.6. The summed E-state index contributed by atoms with van der Waals surface area (Å²) in [5, 5.41) is 4.64. The molecule has 3 heteroatoms. The van der Waals surface area contributed by atoms with E-state index in [1.54, 1.807) is 0 Å². The number of hydrogen-bond acceptors (Lipinski definition) is 3. The highest BCUT2D eigenvalue weighted by atomic mass is 16.3. The van der Waals surface area contributed by atoms with Crippen molar-refractivity contribution in [1.29, 1.82) is 0 Å². The largest absolute Gasteiger partial charge is 0.456 e. The topological polar surface area (TPSA) is 29.3 Å². The summed E-state index contributed by atoms with van der Waals surface area (Å²) in [6, 6.07) is 51.4. The maximum absolute atomic E-state index is 6.67. The molecule has 6 aromatic carbocycles. The second-order valence-corrected chi connectivity index (χ2v) is 13.5. The molecule has 0 aliphatic rings. The third kappa shape index (κ3) is 5.55. The standard InChI is InChI=1S/C44H36N2O/c1-44(2,3)28-34-26-41-43(38-17-11-10-16-37(34)38)39-29-45-42(27-40(39)47-41)46(35-22-18-32(19-23-35)30-12-6-4-7-13-30)36-24-20-33(21-25-36)31-14-8-5-9-15-31/h4-27,29H,28H2,1-3H3. The first-order valence-corrected chi connectivity index (χ1v) is 16.3. The smallest absolute Gasteiger partial charge is 0.141 e. The minimum Gasteiger partial charge on any atom is -0.456 e. The molecule has 8 aromatic rings. The average molecular weight is 609 g/mol. The highest BCUT2D eigenvalue weighted by Crippen LogP contribution is 2.41. The number of anilines is 3. The fourth-order valence-electron chi connectivity index (χ4n) is 6.72. The number of pyridine rings is 1. The molecule has 47 heavy (non-hydrogen) atoms. The molecule has 2 aromatic heterocycles. The van der Waals surface area contributed by atoms with Crippen LogP contribution < -0.4 is 4.90 Å². The van der Waals surface area contributed by atoms with E-state index in [2.05, 4.69) is 159 Å². The van der Waals surface area contributed by atoms with E-state index in [4.69, 9.17) is 9.40 Å². The van der Waals surface area contributed by atoms with E-state index in [1.165, 1.54) is 38.6 Å². The zero-order valence-electron chi connectivity index (χ0n) is 26.9. The molecule has 228 valence electrons. The minimum absolute atomic E-state index is 0.157. The molecule has 0 atom stereocenters. The van der Waals surface area contributed by atoms with Gasteiger partial charge in [0.2, 0.25) is 0 Å². The van der Waals surface area contributed by atoms with Gasteiger partial charge in [0.15, 0.2) is 0 Å². The number of nitrogens with zero attached hydrogens (tertiary/aromatic N) is 2. The van der Waals surface area contributed by atoms with E-state index < -0.39 is 0 Å². The maximum Gasteiger partial charge on any atom is 0.141 e. The van der Waals surface area contributed by atoms with Crippen LogP contribution in [0.25, 0.3) is 55.0 Å². The van der Waals surface area contributed by atoms with Gasteiger partial charge in [-0.25, -0.2) is 4.98 Å². The molecule has 0 fully saturated rings. The van der Waals surface area contributed by atoms with Gasteiger partial charge in [0.25, 0.3) is 0 Å². The zero-order valence-corrected chi connectivity index (χ0v) is 26.9. The lowest BCUT2D eigenvalue weighted by atomic mass is 9.85. The van der Waals surface area contributed by atoms with Gasteiger partial charge in [-0.1, -0.05) is 130 Å². The fourth-order valence-corrected chi connectivity index (χ4v) is 6.72. The fraction of sp³-hybridized carbons (Fsp3) is 0.114. The van der Waals surface area contributed by atoms with Crippen LogP contribution in [0.15, 0.2) is 156 Å². The lowest BCUT2D eigenvalue weighted by Crippen LogP contribution is -2.11. The van der Waals surface area contributed by atoms with Gasteiger partial charge in [0.05, 0.1) is 0 Å². The molecule has 2 heterocycles. The summed E-state index contributed by atoms with van der Waals surface area (Å²) < 4.78 is 6.67. The molecule has 0 aliphatic carbocycles. The van der Waals surface area contributed by atoms with Gasteiger partial charge in [-0.05, 0) is 80.8 Å². The molecule has 0 saturated carbocycles. The number of benzene rings is 6. The first-order chi connectivity index (χ1) is 22.9. The van der Waals surface area contributed by atoms with Crippen molar-refractivity contribution in [2.24, 2.45) is 5.41 Å². The molecule has 0 saturated heterocycles. The van der Waals surface area contributed by atoms with Crippen molar-refractivity contribution in [2.45, 2.75) is 27.2 Å². The second-order valence-electron chi connectivity index (χ2n) is 13.5. The highest BCUT2D eigenvalue weighted by Gasteiger charge is 2.21. The molecule has 0 N–H and O–H groups in total. The highest BCUT2D eigenvalue weighted by molar-refractivity contribution is 6.19. The third-order valence-electron chi connectivity index (χ3n) is 8.85. The summed E-state index contributed by atoms with van der Waals surface area (Å²) in [6.45, 7) is 6.86. The number of aromatic nitrogens is 1. The van der Waals surface area contributed by atoms with Crippen molar-refractivity contribution in [1.82, 2.24) is 4.98 Å². The Morgan fingerprint density at radius 2 is 1.04 bits per heavy atom. The Morgan fingerprint density at radius 1 is 0.532 bits per heavy atom. The van der Waals surface area contributed by atoms with Crippen molar-refractivity contribution >= 4 is 49.9 Å². The Balaban J connectivity index is 1.27. The van der Waals surface area contributed by atoms with Gasteiger partial charge in [-0.3, -0.25) is 4.90 Å².